The van der Waals surface area contributed by atoms with Gasteiger partial charge >= 0.3 is 0 Å². The molecule has 0 unspecified atom stereocenters. The van der Waals surface area contributed by atoms with E-state index in [9.17, 15) is 15.2 Å². The molecule has 0 aliphatic carbocycles. The number of halogens is 1. The number of hydrogen-bond acceptors (Lipinski definition) is 4. The molecule has 2 N–H and O–H groups in total. The summed E-state index contributed by atoms with van der Waals surface area (Å²) >= 11 is 5.80. The number of rotatable bonds is 2. The van der Waals surface area contributed by atoms with E-state index >= 15 is 0 Å². The van der Waals surface area contributed by atoms with Crippen LogP contribution in [0, 0.1) is 10.1 Å². The molecule has 0 amide bonds. The van der Waals surface area contributed by atoms with E-state index in [0.29, 0.717) is 18.0 Å². The van der Waals surface area contributed by atoms with Crippen molar-refractivity contribution in [3.63, 3.8) is 0 Å². The maximum atomic E-state index is 11.2. The van der Waals surface area contributed by atoms with Crippen LogP contribution in [0.5, 0.6) is 0 Å². The van der Waals surface area contributed by atoms with Gasteiger partial charge in [0.2, 0.25) is 0 Å². The summed E-state index contributed by atoms with van der Waals surface area (Å²) < 4.78 is 0. The van der Waals surface area contributed by atoms with Gasteiger partial charge in [0.1, 0.15) is 11.6 Å². The summed E-state index contributed by atoms with van der Waals surface area (Å²) in [4.78, 5) is 10.8. The Hall–Kier alpha value is -1.17. The zero-order chi connectivity index (χ0) is 13.3. The predicted molar refractivity (Wildman–Crippen MR) is 68.2 cm³/mol. The highest BCUT2D eigenvalue weighted by Crippen LogP contribution is 2.33. The lowest BCUT2D eigenvalue weighted by Gasteiger charge is -2.37. The van der Waals surface area contributed by atoms with Crippen molar-refractivity contribution >= 4 is 11.6 Å². The SMILES string of the molecule is C[C@@]1(O)CCN[C@@H](c2ccc(Cl)cc2)[C@@H]1[N+](=O)[O-]. The second kappa shape index (κ2) is 4.84. The molecule has 5 nitrogen and oxygen atoms in total. The Morgan fingerprint density at radius 2 is 2.11 bits per heavy atom. The summed E-state index contributed by atoms with van der Waals surface area (Å²) in [6, 6.07) is 5.32. The minimum atomic E-state index is -1.31. The lowest BCUT2D eigenvalue weighted by molar-refractivity contribution is -0.553. The minimum absolute atomic E-state index is 0.364. The van der Waals surface area contributed by atoms with Gasteiger partial charge in [-0.25, -0.2) is 0 Å². The van der Waals surface area contributed by atoms with Crippen molar-refractivity contribution < 1.29 is 10.0 Å². The van der Waals surface area contributed by atoms with E-state index in [1.807, 2.05) is 0 Å². The molecule has 3 atom stereocenters. The van der Waals surface area contributed by atoms with Crippen LogP contribution in [0.3, 0.4) is 0 Å². The molecule has 0 aromatic heterocycles. The van der Waals surface area contributed by atoms with Crippen LogP contribution in [0.15, 0.2) is 24.3 Å². The summed E-state index contributed by atoms with van der Waals surface area (Å²) in [7, 11) is 0. The quantitative estimate of drug-likeness (QED) is 0.634. The van der Waals surface area contributed by atoms with Gasteiger partial charge in [0.05, 0.1) is 0 Å². The molecule has 6 heteroatoms. The van der Waals surface area contributed by atoms with E-state index in [1.165, 1.54) is 6.92 Å². The molecule has 2 rings (SSSR count). The Balaban J connectivity index is 2.35. The molecule has 18 heavy (non-hydrogen) atoms. The van der Waals surface area contributed by atoms with Gasteiger partial charge in [-0.05, 0) is 37.6 Å². The number of aliphatic hydroxyl groups is 1. The first-order valence-corrected chi connectivity index (χ1v) is 6.14. The van der Waals surface area contributed by atoms with Crippen LogP contribution in [0.25, 0.3) is 0 Å². The third-order valence-electron chi connectivity index (χ3n) is 3.40. The van der Waals surface area contributed by atoms with Gasteiger partial charge in [0, 0.05) is 9.95 Å². The first-order chi connectivity index (χ1) is 8.42. The fourth-order valence-electron chi connectivity index (χ4n) is 2.42. The summed E-state index contributed by atoms with van der Waals surface area (Å²) in [5, 5.41) is 25.1. The molecule has 1 saturated heterocycles. The van der Waals surface area contributed by atoms with Crippen LogP contribution in [-0.2, 0) is 0 Å². The summed E-state index contributed by atoms with van der Waals surface area (Å²) in [5.74, 6) is 0. The Kier molecular flexibility index (Phi) is 3.56. The second-order valence-electron chi connectivity index (χ2n) is 4.82. The van der Waals surface area contributed by atoms with Crippen LogP contribution in [0.1, 0.15) is 24.9 Å². The van der Waals surface area contributed by atoms with Crippen LogP contribution in [0.4, 0.5) is 0 Å². The number of piperidine rings is 1. The van der Waals surface area contributed by atoms with Gasteiger partial charge in [-0.1, -0.05) is 23.7 Å². The minimum Gasteiger partial charge on any atom is -0.383 e. The Bertz CT molecular complexity index is 447. The molecule has 0 bridgehead atoms. The molecule has 1 aromatic carbocycles. The van der Waals surface area contributed by atoms with Gasteiger partial charge < -0.3 is 10.4 Å². The van der Waals surface area contributed by atoms with Crippen molar-refractivity contribution in [3.05, 3.63) is 45.0 Å². The lowest BCUT2D eigenvalue weighted by Crippen LogP contribution is -2.57. The normalized spacial score (nSPS) is 32.2. The second-order valence-corrected chi connectivity index (χ2v) is 5.26. The van der Waals surface area contributed by atoms with Crippen molar-refractivity contribution in [3.8, 4) is 0 Å². The molecule has 1 fully saturated rings. The highest BCUT2D eigenvalue weighted by molar-refractivity contribution is 6.30. The van der Waals surface area contributed by atoms with Crippen molar-refractivity contribution in [2.45, 2.75) is 31.0 Å². The summed E-state index contributed by atoms with van der Waals surface area (Å²) in [5.41, 5.74) is -0.542. The predicted octanol–water partition coefficient (Wildman–Crippen LogP) is 1.77. The van der Waals surface area contributed by atoms with Crippen LogP contribution in [0.2, 0.25) is 5.02 Å². The standard InChI is InChI=1S/C12H15ClN2O3/c1-12(16)6-7-14-10(11(12)15(17)18)8-2-4-9(13)5-3-8/h2-5,10-11,14,16H,6-7H2,1H3/t10-,11-,12+/m0/s1. The summed E-state index contributed by atoms with van der Waals surface area (Å²) in [6.45, 7) is 2.06. The Labute approximate surface area is 110 Å². The number of nitrogens with one attached hydrogen (secondary N) is 1. The zero-order valence-corrected chi connectivity index (χ0v) is 10.7. The van der Waals surface area contributed by atoms with Gasteiger partial charge in [0.15, 0.2) is 0 Å². The molecule has 0 spiro atoms. The van der Waals surface area contributed by atoms with Gasteiger partial charge in [-0.15, -0.1) is 0 Å². The third kappa shape index (κ3) is 2.48. The molecular formula is C12H15ClN2O3. The highest BCUT2D eigenvalue weighted by Gasteiger charge is 2.50. The van der Waals surface area contributed by atoms with Gasteiger partial charge in [-0.2, -0.15) is 0 Å². The van der Waals surface area contributed by atoms with Crippen molar-refractivity contribution in [1.29, 1.82) is 0 Å². The van der Waals surface area contributed by atoms with E-state index in [1.54, 1.807) is 24.3 Å². The van der Waals surface area contributed by atoms with E-state index < -0.39 is 22.6 Å². The topological polar surface area (TPSA) is 75.4 Å². The van der Waals surface area contributed by atoms with E-state index in [-0.39, 0.29) is 0 Å². The molecular weight excluding hydrogens is 256 g/mol. The molecule has 98 valence electrons. The Morgan fingerprint density at radius 3 is 2.67 bits per heavy atom. The molecule has 0 saturated carbocycles. The molecule has 1 heterocycles. The summed E-state index contributed by atoms with van der Waals surface area (Å²) in [6.07, 6.45) is 0.364. The van der Waals surface area contributed by atoms with Gasteiger partial charge in [0.25, 0.3) is 6.04 Å². The van der Waals surface area contributed by atoms with E-state index in [4.69, 9.17) is 11.6 Å². The van der Waals surface area contributed by atoms with Crippen molar-refractivity contribution in [2.75, 3.05) is 6.54 Å². The zero-order valence-electron chi connectivity index (χ0n) is 9.97. The molecule has 0 radical (unpaired) electrons. The van der Waals surface area contributed by atoms with Crippen molar-refractivity contribution in [1.82, 2.24) is 5.32 Å². The number of nitro groups is 1. The third-order valence-corrected chi connectivity index (χ3v) is 3.66. The van der Waals surface area contributed by atoms with Gasteiger partial charge in [-0.3, -0.25) is 10.1 Å². The lowest BCUT2D eigenvalue weighted by atomic mass is 9.81. The Morgan fingerprint density at radius 1 is 1.50 bits per heavy atom. The van der Waals surface area contributed by atoms with E-state index in [2.05, 4.69) is 5.32 Å². The number of benzene rings is 1. The fourth-order valence-corrected chi connectivity index (χ4v) is 2.54. The number of nitrogens with zero attached hydrogens (tertiary/aromatic N) is 1. The largest absolute Gasteiger partial charge is 0.383 e. The number of hydrogen-bond donors (Lipinski definition) is 2. The van der Waals surface area contributed by atoms with E-state index in [0.717, 1.165) is 5.56 Å². The average molecular weight is 271 g/mol. The molecule has 1 aliphatic heterocycles. The highest BCUT2D eigenvalue weighted by atomic mass is 35.5. The monoisotopic (exact) mass is 270 g/mol. The molecule has 1 aliphatic rings. The fraction of sp³-hybridized carbons (Fsp3) is 0.500. The smallest absolute Gasteiger partial charge is 0.260 e. The molecule has 1 aromatic rings. The first kappa shape index (κ1) is 13.3. The van der Waals surface area contributed by atoms with Crippen molar-refractivity contribution in [2.24, 2.45) is 0 Å². The maximum absolute atomic E-state index is 11.2. The maximum Gasteiger partial charge on any atom is 0.260 e. The van der Waals surface area contributed by atoms with Crippen LogP contribution < -0.4 is 5.32 Å². The van der Waals surface area contributed by atoms with Crippen LogP contribution in [-0.4, -0.2) is 28.2 Å². The van der Waals surface area contributed by atoms with Crippen LogP contribution >= 0.6 is 11.6 Å². The first-order valence-electron chi connectivity index (χ1n) is 5.76. The average Bonchev–Trinajstić information content (AvgIpc) is 2.27.